The molecule has 1 aromatic rings. The second-order valence-corrected chi connectivity index (χ2v) is 4.99. The second-order valence-electron chi connectivity index (χ2n) is 3.48. The summed E-state index contributed by atoms with van der Waals surface area (Å²) in [6.07, 6.45) is 0. The molecule has 8 heteroatoms. The number of halogens is 1. The molecule has 1 rings (SSSR count). The molecule has 5 nitrogen and oxygen atoms in total. The van der Waals surface area contributed by atoms with Crippen LogP contribution in [0.3, 0.4) is 0 Å². The fourth-order valence-corrected chi connectivity index (χ4v) is 2.10. The van der Waals surface area contributed by atoms with Gasteiger partial charge in [-0.2, -0.15) is 4.33 Å². The summed E-state index contributed by atoms with van der Waals surface area (Å²) in [6.45, 7) is 3.94. The van der Waals surface area contributed by atoms with Crippen molar-refractivity contribution in [1.82, 2.24) is 0 Å². The van der Waals surface area contributed by atoms with E-state index in [1.54, 1.807) is 12.1 Å². The molecule has 0 amide bonds. The van der Waals surface area contributed by atoms with Crippen LogP contribution in [0.2, 0.25) is 0 Å². The number of alkyl halides is 1. The molecule has 0 aromatic heterocycles. The molecule has 0 radical (unpaired) electrons. The van der Waals surface area contributed by atoms with Gasteiger partial charge in [0.1, 0.15) is 6.61 Å². The number of rotatable bonds is 6. The van der Waals surface area contributed by atoms with Crippen LogP contribution in [0.15, 0.2) is 17.0 Å². The first kappa shape index (κ1) is 19.4. The van der Waals surface area contributed by atoms with E-state index >= 15 is 0 Å². The first-order valence-corrected chi connectivity index (χ1v) is 6.94. The summed E-state index contributed by atoms with van der Waals surface area (Å²) in [4.78, 5) is 12.4. The zero-order chi connectivity index (χ0) is 13.5. The van der Waals surface area contributed by atoms with Crippen molar-refractivity contribution in [3.63, 3.8) is 0 Å². The summed E-state index contributed by atoms with van der Waals surface area (Å²) in [5.74, 6) is -0.377. The number of esters is 1. The van der Waals surface area contributed by atoms with Crippen LogP contribution in [0.5, 0.6) is 0 Å². The normalized spacial score (nSPS) is 9.89. The van der Waals surface area contributed by atoms with E-state index in [9.17, 15) is 10.1 Å². The second kappa shape index (κ2) is 10.2. The van der Waals surface area contributed by atoms with Gasteiger partial charge in [-0.15, -0.1) is 0 Å². The first-order chi connectivity index (χ1) is 8.60. The first-order valence-electron chi connectivity index (χ1n) is 5.07. The summed E-state index contributed by atoms with van der Waals surface area (Å²) in [7, 11) is 0. The van der Waals surface area contributed by atoms with E-state index in [1.807, 2.05) is 13.8 Å². The van der Waals surface area contributed by atoms with Crippen LogP contribution in [-0.4, -0.2) is 17.9 Å². The Morgan fingerprint density at radius 1 is 1.37 bits per heavy atom. The zero-order valence-corrected chi connectivity index (χ0v) is 15.3. The predicted molar refractivity (Wildman–Crippen MR) is 68.0 cm³/mol. The van der Waals surface area contributed by atoms with E-state index < -0.39 is 0 Å². The molecule has 0 spiro atoms. The summed E-state index contributed by atoms with van der Waals surface area (Å²) >= 11 is 4.00. The Balaban J connectivity index is 0.00000324. The molecule has 0 N–H and O–H groups in total. The molecule has 100 valence electrons. The van der Waals surface area contributed by atoms with E-state index in [4.69, 9.17) is 4.74 Å². The summed E-state index contributed by atoms with van der Waals surface area (Å²) in [5.41, 5.74) is 2.09. The van der Waals surface area contributed by atoms with Crippen LogP contribution >= 0.6 is 28.0 Å². The maximum Gasteiger partial charge on any atom is 1.00 e. The van der Waals surface area contributed by atoms with E-state index in [2.05, 4.69) is 25.3 Å². The van der Waals surface area contributed by atoms with Crippen LogP contribution in [0.4, 0.5) is 0 Å². The minimum Gasteiger partial charge on any atom is -0.691 e. The van der Waals surface area contributed by atoms with Crippen LogP contribution in [0, 0.1) is 13.8 Å². The van der Waals surface area contributed by atoms with Crippen molar-refractivity contribution in [2.75, 3.05) is 11.9 Å². The van der Waals surface area contributed by atoms with Crippen molar-refractivity contribution in [2.45, 2.75) is 18.7 Å². The van der Waals surface area contributed by atoms with E-state index in [0.29, 0.717) is 17.5 Å². The molecule has 0 bridgehead atoms. The minimum absolute atomic E-state index is 0. The van der Waals surface area contributed by atoms with Gasteiger partial charge in [-0.05, 0) is 37.1 Å². The molecule has 0 aliphatic carbocycles. The fraction of sp³-hybridized carbons (Fsp3) is 0.364. The molecular formula is C11H12BrNaO5S. The van der Waals surface area contributed by atoms with Gasteiger partial charge in [0.25, 0.3) is 0 Å². The topological polar surface area (TPSA) is 67.8 Å². The quantitative estimate of drug-likeness (QED) is 0.164. The molecule has 0 heterocycles. The SMILES string of the molecule is Cc1cc(C(=O)OCCBr)cc(C)c1SOO[O-].[Na+]. The maximum absolute atomic E-state index is 11.7. The summed E-state index contributed by atoms with van der Waals surface area (Å²) in [5, 5.41) is 13.7. The fourth-order valence-electron chi connectivity index (χ4n) is 1.46. The third-order valence-electron chi connectivity index (χ3n) is 2.15. The number of carbonyl (C=O) groups excluding carboxylic acids is 1. The van der Waals surface area contributed by atoms with Gasteiger partial charge >= 0.3 is 35.5 Å². The molecule has 19 heavy (non-hydrogen) atoms. The molecule has 0 saturated carbocycles. The zero-order valence-electron chi connectivity index (χ0n) is 10.9. The Hall–Kier alpha value is 0.400. The van der Waals surface area contributed by atoms with Gasteiger partial charge in [0.05, 0.1) is 17.6 Å². The number of hydrogen-bond donors (Lipinski definition) is 0. The average Bonchev–Trinajstić information content (AvgIpc) is 2.34. The monoisotopic (exact) mass is 358 g/mol. The van der Waals surface area contributed by atoms with Crippen LogP contribution in [0.1, 0.15) is 21.5 Å². The van der Waals surface area contributed by atoms with Crippen molar-refractivity contribution in [3.05, 3.63) is 28.8 Å². The van der Waals surface area contributed by atoms with Crippen LogP contribution < -0.4 is 34.8 Å². The van der Waals surface area contributed by atoms with E-state index in [0.717, 1.165) is 28.1 Å². The third kappa shape index (κ3) is 6.14. The predicted octanol–water partition coefficient (Wildman–Crippen LogP) is -0.910. The van der Waals surface area contributed by atoms with E-state index in [-0.39, 0.29) is 35.5 Å². The molecule has 0 aliphatic rings. The maximum atomic E-state index is 11.7. The number of ether oxygens (including phenoxy) is 1. The average molecular weight is 359 g/mol. The van der Waals surface area contributed by atoms with Gasteiger partial charge in [0.2, 0.25) is 0 Å². The minimum atomic E-state index is -0.377. The van der Waals surface area contributed by atoms with Gasteiger partial charge in [0.15, 0.2) is 0 Å². The van der Waals surface area contributed by atoms with Crippen LogP contribution in [-0.2, 0) is 14.1 Å². The van der Waals surface area contributed by atoms with Crippen molar-refractivity contribution in [1.29, 1.82) is 0 Å². The molecular weight excluding hydrogens is 347 g/mol. The van der Waals surface area contributed by atoms with E-state index in [1.165, 1.54) is 0 Å². The molecule has 0 fully saturated rings. The molecule has 1 aromatic carbocycles. The van der Waals surface area contributed by atoms with Gasteiger partial charge in [-0.3, -0.25) is 5.04 Å². The van der Waals surface area contributed by atoms with Gasteiger partial charge in [-0.25, -0.2) is 4.79 Å². The van der Waals surface area contributed by atoms with Crippen molar-refractivity contribution in [3.8, 4) is 0 Å². The van der Waals surface area contributed by atoms with Crippen molar-refractivity contribution < 1.29 is 53.7 Å². The molecule has 0 saturated heterocycles. The smallest absolute Gasteiger partial charge is 0.691 e. The number of carbonyl (C=O) groups is 1. The summed E-state index contributed by atoms with van der Waals surface area (Å²) < 4.78 is 9.29. The largest absolute Gasteiger partial charge is 1.00 e. The number of hydrogen-bond acceptors (Lipinski definition) is 6. The molecule has 0 aliphatic heterocycles. The van der Waals surface area contributed by atoms with Gasteiger partial charge in [-0.1, -0.05) is 15.9 Å². The number of benzene rings is 1. The molecule has 0 atom stereocenters. The van der Waals surface area contributed by atoms with Crippen molar-refractivity contribution >= 4 is 33.9 Å². The Morgan fingerprint density at radius 3 is 2.42 bits per heavy atom. The van der Waals surface area contributed by atoms with Crippen LogP contribution in [0.25, 0.3) is 0 Å². The summed E-state index contributed by atoms with van der Waals surface area (Å²) in [6, 6.07) is 3.36. The standard InChI is InChI=1S/C11H13BrO5S.Na/c1-7-5-9(11(13)15-4-3-12)6-8(2)10(7)18-17-16-14;/h5-6,14H,3-4H2,1-2H3;/q;+1/p-1. The van der Waals surface area contributed by atoms with Crippen molar-refractivity contribution in [2.24, 2.45) is 0 Å². The van der Waals surface area contributed by atoms with Gasteiger partial charge < -0.3 is 9.99 Å². The van der Waals surface area contributed by atoms with Gasteiger partial charge in [0, 0.05) is 10.2 Å². The number of aryl methyl sites for hydroxylation is 2. The molecule has 0 unspecified atom stereocenters. The third-order valence-corrected chi connectivity index (χ3v) is 3.41. The Kier molecular flexibility index (Phi) is 10.4. The Morgan fingerprint density at radius 2 is 1.95 bits per heavy atom. The Bertz CT molecular complexity index is 407. The Labute approximate surface area is 146 Å².